The molecule has 1 rings (SSSR count). The van der Waals surface area contributed by atoms with E-state index in [1.165, 1.54) is 0 Å². The maximum atomic E-state index is 11.8. The van der Waals surface area contributed by atoms with Crippen LogP contribution in [0.5, 0.6) is 0 Å². The zero-order chi connectivity index (χ0) is 16.6. The van der Waals surface area contributed by atoms with Gasteiger partial charge in [-0.1, -0.05) is 34.1 Å². The number of amides is 2. The van der Waals surface area contributed by atoms with Gasteiger partial charge in [-0.2, -0.15) is 0 Å². The molecular weight excluding hydrogens is 282 g/mol. The summed E-state index contributed by atoms with van der Waals surface area (Å²) in [6, 6.07) is 0. The van der Waals surface area contributed by atoms with Crippen LogP contribution in [0.1, 0.15) is 40.5 Å². The van der Waals surface area contributed by atoms with Crippen LogP contribution in [-0.2, 0) is 9.53 Å². The Morgan fingerprint density at radius 3 is 2.32 bits per heavy atom. The fraction of sp³-hybridized carbons (Fsp3) is 0.875. The number of carbonyl (C=O) groups is 2. The maximum Gasteiger partial charge on any atom is 0.409 e. The predicted octanol–water partition coefficient (Wildman–Crippen LogP) is 1.70. The lowest BCUT2D eigenvalue weighted by atomic mass is 9.96. The third-order valence-electron chi connectivity index (χ3n) is 3.75. The van der Waals surface area contributed by atoms with Gasteiger partial charge in [0.25, 0.3) is 0 Å². The van der Waals surface area contributed by atoms with Gasteiger partial charge in [-0.3, -0.25) is 9.69 Å². The van der Waals surface area contributed by atoms with E-state index in [0.29, 0.717) is 26.2 Å². The standard InChI is InChI=1S/C16H31N3O3/c1-5-6-13-22-15(21)19-11-9-18(10-12-19)8-7-17-14(20)16(2,3)4/h5-13H2,1-4H3,(H,17,20). The summed E-state index contributed by atoms with van der Waals surface area (Å²) in [6.45, 7) is 12.8. The number of nitrogens with zero attached hydrogens (tertiary/aromatic N) is 2. The molecule has 0 saturated carbocycles. The number of hydrogen-bond donors (Lipinski definition) is 1. The van der Waals surface area contributed by atoms with Crippen molar-refractivity contribution in [1.29, 1.82) is 0 Å². The summed E-state index contributed by atoms with van der Waals surface area (Å²) in [7, 11) is 0. The van der Waals surface area contributed by atoms with E-state index < -0.39 is 0 Å². The molecule has 22 heavy (non-hydrogen) atoms. The van der Waals surface area contributed by atoms with Crippen molar-refractivity contribution in [1.82, 2.24) is 15.1 Å². The molecule has 0 bridgehead atoms. The van der Waals surface area contributed by atoms with Gasteiger partial charge in [0.1, 0.15) is 0 Å². The van der Waals surface area contributed by atoms with Gasteiger partial charge >= 0.3 is 6.09 Å². The molecule has 1 heterocycles. The Bertz CT molecular complexity index is 358. The van der Waals surface area contributed by atoms with Crippen LogP contribution in [0.2, 0.25) is 0 Å². The molecule has 0 atom stereocenters. The molecule has 0 spiro atoms. The summed E-state index contributed by atoms with van der Waals surface area (Å²) < 4.78 is 5.22. The van der Waals surface area contributed by atoms with Gasteiger partial charge in [0.15, 0.2) is 0 Å². The van der Waals surface area contributed by atoms with Gasteiger partial charge in [-0.25, -0.2) is 4.79 Å². The molecule has 2 amide bonds. The average Bonchev–Trinajstić information content (AvgIpc) is 2.47. The molecule has 1 fully saturated rings. The van der Waals surface area contributed by atoms with Gasteiger partial charge in [0.05, 0.1) is 6.61 Å². The Morgan fingerprint density at radius 2 is 1.77 bits per heavy atom. The summed E-state index contributed by atoms with van der Waals surface area (Å²) in [6.07, 6.45) is 1.75. The van der Waals surface area contributed by atoms with Crippen molar-refractivity contribution in [2.75, 3.05) is 45.9 Å². The van der Waals surface area contributed by atoms with Crippen LogP contribution in [0, 0.1) is 5.41 Å². The van der Waals surface area contributed by atoms with E-state index in [1.54, 1.807) is 4.90 Å². The van der Waals surface area contributed by atoms with Gasteiger partial charge in [-0.15, -0.1) is 0 Å². The van der Waals surface area contributed by atoms with Crippen molar-refractivity contribution in [3.05, 3.63) is 0 Å². The van der Waals surface area contributed by atoms with Gasteiger partial charge in [0.2, 0.25) is 5.91 Å². The molecule has 1 saturated heterocycles. The first kappa shape index (κ1) is 18.7. The highest BCUT2D eigenvalue weighted by molar-refractivity contribution is 5.81. The first-order valence-electron chi connectivity index (χ1n) is 8.27. The second-order valence-electron chi connectivity index (χ2n) is 6.80. The van der Waals surface area contributed by atoms with Crippen LogP contribution in [-0.4, -0.2) is 67.7 Å². The van der Waals surface area contributed by atoms with E-state index in [4.69, 9.17) is 4.74 Å². The van der Waals surface area contributed by atoms with Crippen molar-refractivity contribution in [2.45, 2.75) is 40.5 Å². The highest BCUT2D eigenvalue weighted by Crippen LogP contribution is 2.12. The Balaban J connectivity index is 2.17. The number of ether oxygens (including phenoxy) is 1. The van der Waals surface area contributed by atoms with Crippen LogP contribution < -0.4 is 5.32 Å². The summed E-state index contributed by atoms with van der Waals surface area (Å²) in [5, 5.41) is 2.95. The van der Waals surface area contributed by atoms with Crippen LogP contribution in [0.3, 0.4) is 0 Å². The largest absolute Gasteiger partial charge is 0.449 e. The fourth-order valence-corrected chi connectivity index (χ4v) is 2.14. The minimum atomic E-state index is -0.346. The lowest BCUT2D eigenvalue weighted by Gasteiger charge is -2.34. The molecule has 1 aliphatic rings. The van der Waals surface area contributed by atoms with E-state index >= 15 is 0 Å². The second kappa shape index (κ2) is 8.98. The molecule has 0 aromatic rings. The molecule has 6 nitrogen and oxygen atoms in total. The number of unbranched alkanes of at least 4 members (excludes halogenated alkanes) is 1. The quantitative estimate of drug-likeness (QED) is 0.758. The Hall–Kier alpha value is -1.30. The zero-order valence-electron chi connectivity index (χ0n) is 14.5. The third-order valence-corrected chi connectivity index (χ3v) is 3.75. The first-order valence-corrected chi connectivity index (χ1v) is 8.27. The predicted molar refractivity (Wildman–Crippen MR) is 86.7 cm³/mol. The van der Waals surface area contributed by atoms with Crippen molar-refractivity contribution < 1.29 is 14.3 Å². The molecule has 1 N–H and O–H groups in total. The second-order valence-corrected chi connectivity index (χ2v) is 6.80. The maximum absolute atomic E-state index is 11.8. The Morgan fingerprint density at radius 1 is 1.14 bits per heavy atom. The number of carbonyl (C=O) groups excluding carboxylic acids is 2. The van der Waals surface area contributed by atoms with Crippen molar-refractivity contribution in [2.24, 2.45) is 5.41 Å². The summed E-state index contributed by atoms with van der Waals surface area (Å²) in [4.78, 5) is 27.6. The highest BCUT2D eigenvalue weighted by atomic mass is 16.6. The lowest BCUT2D eigenvalue weighted by Crippen LogP contribution is -2.50. The van der Waals surface area contributed by atoms with Gasteiger partial charge < -0.3 is 15.0 Å². The topological polar surface area (TPSA) is 61.9 Å². The number of rotatable bonds is 6. The van der Waals surface area contributed by atoms with Crippen molar-refractivity contribution in [3.8, 4) is 0 Å². The molecule has 1 aliphatic heterocycles. The van der Waals surface area contributed by atoms with Gasteiger partial charge in [0, 0.05) is 44.7 Å². The SMILES string of the molecule is CCCCOC(=O)N1CCN(CCNC(=O)C(C)(C)C)CC1. The Labute approximate surface area is 134 Å². The molecule has 0 aromatic heterocycles. The molecular formula is C16H31N3O3. The van der Waals surface area contributed by atoms with E-state index in [9.17, 15) is 9.59 Å². The molecule has 6 heteroatoms. The van der Waals surface area contributed by atoms with Crippen LogP contribution in [0.4, 0.5) is 4.79 Å². The number of nitrogens with one attached hydrogen (secondary N) is 1. The Kier molecular flexibility index (Phi) is 7.65. The molecule has 0 unspecified atom stereocenters. The summed E-state index contributed by atoms with van der Waals surface area (Å²) >= 11 is 0. The van der Waals surface area contributed by atoms with E-state index in [2.05, 4.69) is 17.1 Å². The van der Waals surface area contributed by atoms with E-state index in [1.807, 2.05) is 20.8 Å². The van der Waals surface area contributed by atoms with Crippen LogP contribution in [0.15, 0.2) is 0 Å². The first-order chi connectivity index (χ1) is 10.3. The van der Waals surface area contributed by atoms with E-state index in [0.717, 1.165) is 32.5 Å². The summed E-state index contributed by atoms with van der Waals surface area (Å²) in [5.74, 6) is 0.0747. The lowest BCUT2D eigenvalue weighted by molar-refractivity contribution is -0.128. The van der Waals surface area contributed by atoms with Crippen LogP contribution in [0.25, 0.3) is 0 Å². The smallest absolute Gasteiger partial charge is 0.409 e. The molecule has 128 valence electrons. The average molecular weight is 313 g/mol. The summed E-state index contributed by atoms with van der Waals surface area (Å²) in [5.41, 5.74) is -0.346. The van der Waals surface area contributed by atoms with E-state index in [-0.39, 0.29) is 17.4 Å². The third kappa shape index (κ3) is 6.64. The number of piperazine rings is 1. The number of hydrogen-bond acceptors (Lipinski definition) is 4. The minimum Gasteiger partial charge on any atom is -0.449 e. The molecule has 0 radical (unpaired) electrons. The van der Waals surface area contributed by atoms with Crippen LogP contribution >= 0.6 is 0 Å². The molecule has 0 aliphatic carbocycles. The highest BCUT2D eigenvalue weighted by Gasteiger charge is 2.23. The van der Waals surface area contributed by atoms with Crippen molar-refractivity contribution in [3.63, 3.8) is 0 Å². The van der Waals surface area contributed by atoms with Gasteiger partial charge in [-0.05, 0) is 6.42 Å². The van der Waals surface area contributed by atoms with Crippen molar-refractivity contribution >= 4 is 12.0 Å². The zero-order valence-corrected chi connectivity index (χ0v) is 14.5. The minimum absolute atomic E-state index is 0.0747. The fourth-order valence-electron chi connectivity index (χ4n) is 2.14. The normalized spacial score (nSPS) is 16.5. The molecule has 0 aromatic carbocycles. The monoisotopic (exact) mass is 313 g/mol.